The molecule has 5 heteroatoms. The van der Waals surface area contributed by atoms with E-state index < -0.39 is 0 Å². The fraction of sp³-hybridized carbons (Fsp3) is 0.615. The lowest BCUT2D eigenvalue weighted by Crippen LogP contribution is -2.49. The Labute approximate surface area is 116 Å². The molecule has 1 saturated carbocycles. The van der Waals surface area contributed by atoms with Gasteiger partial charge in [-0.2, -0.15) is 0 Å². The maximum atomic E-state index is 5.87. The molecule has 1 aromatic rings. The van der Waals surface area contributed by atoms with Crippen LogP contribution in [0.15, 0.2) is 22.9 Å². The Bertz CT molecular complexity index is 424. The molecule has 2 unspecified atom stereocenters. The van der Waals surface area contributed by atoms with Gasteiger partial charge < -0.3 is 10.5 Å². The van der Waals surface area contributed by atoms with Gasteiger partial charge in [0.25, 0.3) is 0 Å². The quantitative estimate of drug-likeness (QED) is 0.923. The predicted octanol–water partition coefficient (Wildman–Crippen LogP) is 1.71. The molecule has 0 aromatic carbocycles. The molecular weight excluding hydrogens is 294 g/mol. The van der Waals surface area contributed by atoms with Gasteiger partial charge in [-0.15, -0.1) is 0 Å². The lowest BCUT2D eigenvalue weighted by Gasteiger charge is -2.41. The van der Waals surface area contributed by atoms with Crippen LogP contribution in [-0.2, 0) is 4.74 Å². The molecule has 98 valence electrons. The van der Waals surface area contributed by atoms with Crippen LogP contribution in [0.2, 0.25) is 0 Å². The van der Waals surface area contributed by atoms with E-state index in [1.54, 1.807) is 0 Å². The summed E-state index contributed by atoms with van der Waals surface area (Å²) >= 11 is 3.49. The highest BCUT2D eigenvalue weighted by Crippen LogP contribution is 2.38. The maximum Gasteiger partial charge on any atom is 0.0895 e. The van der Waals surface area contributed by atoms with Crippen LogP contribution in [0.4, 0.5) is 0 Å². The van der Waals surface area contributed by atoms with Crippen molar-refractivity contribution in [1.29, 1.82) is 0 Å². The highest BCUT2D eigenvalue weighted by molar-refractivity contribution is 9.10. The van der Waals surface area contributed by atoms with Crippen molar-refractivity contribution in [3.05, 3.63) is 28.5 Å². The largest absolute Gasteiger partial charge is 0.374 e. The van der Waals surface area contributed by atoms with E-state index in [-0.39, 0.29) is 12.1 Å². The average Bonchev–Trinajstić information content (AvgIpc) is 3.22. The lowest BCUT2D eigenvalue weighted by atomic mass is 9.99. The molecule has 1 saturated heterocycles. The van der Waals surface area contributed by atoms with Crippen molar-refractivity contribution >= 4 is 15.9 Å². The van der Waals surface area contributed by atoms with Crippen LogP contribution in [0.25, 0.3) is 0 Å². The van der Waals surface area contributed by atoms with Gasteiger partial charge in [0, 0.05) is 36.0 Å². The number of morpholine rings is 1. The zero-order chi connectivity index (χ0) is 12.5. The number of hydrogen-bond acceptors (Lipinski definition) is 4. The summed E-state index contributed by atoms with van der Waals surface area (Å²) in [6.07, 6.45) is 6.43. The van der Waals surface area contributed by atoms with Crippen molar-refractivity contribution in [3.8, 4) is 0 Å². The maximum absolute atomic E-state index is 5.87. The summed E-state index contributed by atoms with van der Waals surface area (Å²) in [4.78, 5) is 6.82. The van der Waals surface area contributed by atoms with Gasteiger partial charge in [-0.25, -0.2) is 0 Å². The Morgan fingerprint density at radius 2 is 2.28 bits per heavy atom. The van der Waals surface area contributed by atoms with E-state index >= 15 is 0 Å². The predicted molar refractivity (Wildman–Crippen MR) is 73.2 cm³/mol. The van der Waals surface area contributed by atoms with E-state index in [2.05, 4.69) is 31.9 Å². The second-order valence-electron chi connectivity index (χ2n) is 5.00. The van der Waals surface area contributed by atoms with E-state index in [4.69, 9.17) is 10.5 Å². The van der Waals surface area contributed by atoms with Crippen molar-refractivity contribution in [2.24, 2.45) is 5.73 Å². The second kappa shape index (κ2) is 5.25. The van der Waals surface area contributed by atoms with Gasteiger partial charge in [-0.1, -0.05) is 0 Å². The van der Waals surface area contributed by atoms with Crippen molar-refractivity contribution in [2.75, 3.05) is 19.7 Å². The molecule has 2 fully saturated rings. The summed E-state index contributed by atoms with van der Waals surface area (Å²) in [6.45, 7) is 2.34. The number of aromatic nitrogens is 1. The molecular formula is C13H18BrN3O. The van der Waals surface area contributed by atoms with Crippen LogP contribution in [0, 0.1) is 0 Å². The van der Waals surface area contributed by atoms with Crippen LogP contribution >= 0.6 is 15.9 Å². The number of halogens is 1. The van der Waals surface area contributed by atoms with Gasteiger partial charge in [-0.05, 0) is 40.4 Å². The van der Waals surface area contributed by atoms with E-state index in [0.29, 0.717) is 12.6 Å². The van der Waals surface area contributed by atoms with E-state index in [9.17, 15) is 0 Å². The van der Waals surface area contributed by atoms with Crippen molar-refractivity contribution in [1.82, 2.24) is 9.88 Å². The standard InChI is InChI=1S/C13H18BrN3O/c14-10-5-9(7-16-8-10)13-12(6-15)18-4-3-17(13)11-1-2-11/h5,7-8,11-13H,1-4,6,15H2. The van der Waals surface area contributed by atoms with Crippen molar-refractivity contribution in [3.63, 3.8) is 0 Å². The molecule has 2 aliphatic rings. The summed E-state index contributed by atoms with van der Waals surface area (Å²) in [5.41, 5.74) is 7.07. The summed E-state index contributed by atoms with van der Waals surface area (Å²) in [6, 6.07) is 3.10. The summed E-state index contributed by atoms with van der Waals surface area (Å²) in [5.74, 6) is 0. The minimum Gasteiger partial charge on any atom is -0.374 e. The summed E-state index contributed by atoms with van der Waals surface area (Å²) in [5, 5.41) is 0. The third-order valence-corrected chi connectivity index (χ3v) is 4.14. The van der Waals surface area contributed by atoms with Gasteiger partial charge in [0.1, 0.15) is 0 Å². The number of nitrogens with two attached hydrogens (primary N) is 1. The van der Waals surface area contributed by atoms with Crippen molar-refractivity contribution < 1.29 is 4.74 Å². The SMILES string of the molecule is NCC1OCCN(C2CC2)C1c1cncc(Br)c1. The van der Waals surface area contributed by atoms with Gasteiger partial charge >= 0.3 is 0 Å². The second-order valence-corrected chi connectivity index (χ2v) is 5.91. The van der Waals surface area contributed by atoms with Crippen LogP contribution < -0.4 is 5.73 Å². The van der Waals surface area contributed by atoms with Crippen molar-refractivity contribution in [2.45, 2.75) is 31.0 Å². The van der Waals surface area contributed by atoms with Gasteiger partial charge in [0.05, 0.1) is 18.8 Å². The van der Waals surface area contributed by atoms with Crippen LogP contribution in [-0.4, -0.2) is 41.7 Å². The Balaban J connectivity index is 1.91. The highest BCUT2D eigenvalue weighted by Gasteiger charge is 2.40. The topological polar surface area (TPSA) is 51.4 Å². The highest BCUT2D eigenvalue weighted by atomic mass is 79.9. The van der Waals surface area contributed by atoms with Gasteiger partial charge in [-0.3, -0.25) is 9.88 Å². The zero-order valence-corrected chi connectivity index (χ0v) is 11.8. The Morgan fingerprint density at radius 3 is 2.94 bits per heavy atom. The zero-order valence-electron chi connectivity index (χ0n) is 10.3. The normalized spacial score (nSPS) is 29.4. The summed E-state index contributed by atoms with van der Waals surface area (Å²) in [7, 11) is 0. The molecule has 0 spiro atoms. The summed E-state index contributed by atoms with van der Waals surface area (Å²) < 4.78 is 6.84. The Morgan fingerprint density at radius 1 is 1.44 bits per heavy atom. The fourth-order valence-electron chi connectivity index (χ4n) is 2.76. The molecule has 2 atom stereocenters. The van der Waals surface area contributed by atoms with E-state index in [0.717, 1.165) is 17.6 Å². The molecule has 2 heterocycles. The molecule has 1 aromatic heterocycles. The van der Waals surface area contributed by atoms with E-state index in [1.807, 2.05) is 12.4 Å². The minimum atomic E-state index is 0.0791. The first kappa shape index (κ1) is 12.5. The third kappa shape index (κ3) is 2.45. The van der Waals surface area contributed by atoms with Gasteiger partial charge in [0.15, 0.2) is 0 Å². The van der Waals surface area contributed by atoms with Gasteiger partial charge in [0.2, 0.25) is 0 Å². The number of nitrogens with zero attached hydrogens (tertiary/aromatic N) is 2. The molecule has 0 bridgehead atoms. The Hall–Kier alpha value is -0.490. The number of rotatable bonds is 3. The molecule has 1 aliphatic heterocycles. The molecule has 4 nitrogen and oxygen atoms in total. The average molecular weight is 312 g/mol. The Kier molecular flexibility index (Phi) is 3.66. The van der Waals surface area contributed by atoms with Crippen LogP contribution in [0.3, 0.4) is 0 Å². The minimum absolute atomic E-state index is 0.0791. The van der Waals surface area contributed by atoms with E-state index in [1.165, 1.54) is 18.4 Å². The molecule has 2 N–H and O–H groups in total. The molecule has 0 radical (unpaired) electrons. The van der Waals surface area contributed by atoms with Crippen LogP contribution in [0.1, 0.15) is 24.4 Å². The first-order valence-corrected chi connectivity index (χ1v) is 7.27. The number of pyridine rings is 1. The monoisotopic (exact) mass is 311 g/mol. The fourth-order valence-corrected chi connectivity index (χ4v) is 3.14. The smallest absolute Gasteiger partial charge is 0.0895 e. The molecule has 1 aliphatic carbocycles. The van der Waals surface area contributed by atoms with Crippen LogP contribution in [0.5, 0.6) is 0 Å². The lowest BCUT2D eigenvalue weighted by molar-refractivity contribution is -0.0713. The third-order valence-electron chi connectivity index (χ3n) is 3.71. The number of hydrogen-bond donors (Lipinski definition) is 1. The number of ether oxygens (including phenoxy) is 1. The molecule has 18 heavy (non-hydrogen) atoms. The molecule has 3 rings (SSSR count). The first-order chi connectivity index (χ1) is 8.79. The molecule has 0 amide bonds. The first-order valence-electron chi connectivity index (χ1n) is 6.47.